The van der Waals surface area contributed by atoms with Gasteiger partial charge < -0.3 is 20.1 Å². The minimum absolute atomic E-state index is 0.0523. The Hall–Kier alpha value is -2.77. The lowest BCUT2D eigenvalue weighted by Crippen LogP contribution is -2.20. The lowest BCUT2D eigenvalue weighted by Gasteiger charge is -2.15. The van der Waals surface area contributed by atoms with Crippen LogP contribution in [0.1, 0.15) is 11.1 Å². The fraction of sp³-hybridized carbons (Fsp3) is 0.174. The zero-order valence-electron chi connectivity index (χ0n) is 17.0. The molecule has 0 atom stereocenters. The Morgan fingerprint density at radius 3 is 2.65 bits per heavy atom. The van der Waals surface area contributed by atoms with Crippen molar-refractivity contribution in [3.63, 3.8) is 0 Å². The van der Waals surface area contributed by atoms with Gasteiger partial charge in [0.2, 0.25) is 0 Å². The first-order valence-corrected chi connectivity index (χ1v) is 10.6. The fourth-order valence-corrected chi connectivity index (χ4v) is 3.67. The molecule has 0 radical (unpaired) electrons. The number of anilines is 2. The maximum atomic E-state index is 13.3. The van der Waals surface area contributed by atoms with Crippen LogP contribution in [-0.4, -0.2) is 19.6 Å². The van der Waals surface area contributed by atoms with Crippen molar-refractivity contribution in [1.82, 2.24) is 0 Å². The molecular formula is C23H21BrClFN2O3. The van der Waals surface area contributed by atoms with Crippen molar-refractivity contribution in [2.75, 3.05) is 24.4 Å². The lowest BCUT2D eigenvalue weighted by atomic mass is 10.2. The minimum Gasteiger partial charge on any atom is -0.493 e. The molecule has 3 aromatic rings. The number of amides is 1. The molecule has 3 rings (SSSR count). The molecule has 0 aliphatic carbocycles. The van der Waals surface area contributed by atoms with Crippen molar-refractivity contribution in [1.29, 1.82) is 0 Å². The molecule has 0 spiro atoms. The number of carbonyl (C=O) groups excluding carboxylic acids is 1. The van der Waals surface area contributed by atoms with Gasteiger partial charge >= 0.3 is 0 Å². The quantitative estimate of drug-likeness (QED) is 0.382. The zero-order chi connectivity index (χ0) is 22.4. The number of hydrogen-bond acceptors (Lipinski definition) is 4. The molecule has 31 heavy (non-hydrogen) atoms. The number of rotatable bonds is 8. The van der Waals surface area contributed by atoms with E-state index in [1.807, 2.05) is 37.3 Å². The predicted molar refractivity (Wildman–Crippen MR) is 125 cm³/mol. The SMILES string of the molecule is COc1cc(CNc2ccc(F)c(Cl)c2)cc(Br)c1OCC(=O)Nc1cccc(C)c1. The van der Waals surface area contributed by atoms with Crippen molar-refractivity contribution in [3.05, 3.63) is 81.0 Å². The fourth-order valence-electron chi connectivity index (χ4n) is 2.88. The van der Waals surface area contributed by atoms with Crippen molar-refractivity contribution in [2.45, 2.75) is 13.5 Å². The normalized spacial score (nSPS) is 10.5. The van der Waals surface area contributed by atoms with Gasteiger partial charge in [-0.15, -0.1) is 0 Å². The average molecular weight is 508 g/mol. The Labute approximate surface area is 193 Å². The van der Waals surface area contributed by atoms with E-state index in [2.05, 4.69) is 26.6 Å². The number of aryl methyl sites for hydroxylation is 1. The van der Waals surface area contributed by atoms with Crippen LogP contribution in [0.5, 0.6) is 11.5 Å². The summed E-state index contributed by atoms with van der Waals surface area (Å²) in [5.74, 6) is 0.158. The molecule has 3 aromatic carbocycles. The third-order valence-electron chi connectivity index (χ3n) is 4.35. The molecule has 162 valence electrons. The minimum atomic E-state index is -0.468. The van der Waals surface area contributed by atoms with Crippen molar-refractivity contribution in [3.8, 4) is 11.5 Å². The van der Waals surface area contributed by atoms with Crippen molar-refractivity contribution in [2.24, 2.45) is 0 Å². The van der Waals surface area contributed by atoms with Gasteiger partial charge in [0.1, 0.15) is 5.82 Å². The first-order valence-electron chi connectivity index (χ1n) is 9.40. The number of methoxy groups -OCH3 is 1. The second kappa shape index (κ2) is 10.5. The molecule has 5 nitrogen and oxygen atoms in total. The molecule has 0 fully saturated rings. The smallest absolute Gasteiger partial charge is 0.262 e. The highest BCUT2D eigenvalue weighted by atomic mass is 79.9. The van der Waals surface area contributed by atoms with E-state index in [0.717, 1.165) is 11.1 Å². The maximum Gasteiger partial charge on any atom is 0.262 e. The highest BCUT2D eigenvalue weighted by Gasteiger charge is 2.14. The van der Waals surface area contributed by atoms with E-state index in [-0.39, 0.29) is 17.5 Å². The summed E-state index contributed by atoms with van der Waals surface area (Å²) in [6.07, 6.45) is 0. The highest BCUT2D eigenvalue weighted by Crippen LogP contribution is 2.37. The lowest BCUT2D eigenvalue weighted by molar-refractivity contribution is -0.118. The van der Waals surface area contributed by atoms with E-state index in [1.54, 1.807) is 12.1 Å². The molecule has 0 saturated heterocycles. The number of halogens is 3. The summed E-state index contributed by atoms with van der Waals surface area (Å²) in [6, 6.07) is 15.6. The predicted octanol–water partition coefficient (Wildman–Crippen LogP) is 6.19. The molecule has 0 heterocycles. The Bertz CT molecular complexity index is 1090. The van der Waals surface area contributed by atoms with Gasteiger partial charge in [0.25, 0.3) is 5.91 Å². The zero-order valence-corrected chi connectivity index (χ0v) is 19.3. The van der Waals surface area contributed by atoms with Crippen LogP contribution in [0.25, 0.3) is 0 Å². The Kier molecular flexibility index (Phi) is 7.76. The Morgan fingerprint density at radius 2 is 1.94 bits per heavy atom. The molecule has 0 unspecified atom stereocenters. The van der Waals surface area contributed by atoms with Crippen LogP contribution in [0.2, 0.25) is 5.02 Å². The van der Waals surface area contributed by atoms with Crippen molar-refractivity contribution >= 4 is 44.8 Å². The highest BCUT2D eigenvalue weighted by molar-refractivity contribution is 9.10. The summed E-state index contributed by atoms with van der Waals surface area (Å²) in [6.45, 7) is 2.23. The van der Waals surface area contributed by atoms with Crippen LogP contribution in [0.3, 0.4) is 0 Å². The van der Waals surface area contributed by atoms with E-state index in [9.17, 15) is 9.18 Å². The van der Waals surface area contributed by atoms with Gasteiger partial charge in [-0.05, 0) is 76.4 Å². The summed E-state index contributed by atoms with van der Waals surface area (Å²) >= 11 is 9.29. The van der Waals surface area contributed by atoms with E-state index in [1.165, 1.54) is 19.2 Å². The number of ether oxygens (including phenoxy) is 2. The van der Waals surface area contributed by atoms with Gasteiger partial charge in [-0.2, -0.15) is 0 Å². The summed E-state index contributed by atoms with van der Waals surface area (Å²) in [5.41, 5.74) is 3.34. The summed E-state index contributed by atoms with van der Waals surface area (Å²) in [4.78, 5) is 12.2. The first-order chi connectivity index (χ1) is 14.9. The second-order valence-electron chi connectivity index (χ2n) is 6.80. The maximum absolute atomic E-state index is 13.3. The van der Waals surface area contributed by atoms with E-state index >= 15 is 0 Å². The molecule has 1 amide bonds. The third-order valence-corrected chi connectivity index (χ3v) is 5.23. The number of hydrogen-bond donors (Lipinski definition) is 2. The van der Waals surface area contributed by atoms with Crippen LogP contribution in [0, 0.1) is 12.7 Å². The second-order valence-corrected chi connectivity index (χ2v) is 8.06. The summed E-state index contributed by atoms with van der Waals surface area (Å²) < 4.78 is 25.1. The molecule has 8 heteroatoms. The molecule has 0 aliphatic heterocycles. The van der Waals surface area contributed by atoms with Gasteiger partial charge in [0.05, 0.1) is 16.6 Å². The van der Waals surface area contributed by atoms with Crippen LogP contribution >= 0.6 is 27.5 Å². The molecule has 0 aliphatic rings. The molecule has 2 N–H and O–H groups in total. The van der Waals surface area contributed by atoms with E-state index in [0.29, 0.717) is 33.9 Å². The van der Waals surface area contributed by atoms with Gasteiger partial charge in [-0.25, -0.2) is 4.39 Å². The summed E-state index contributed by atoms with van der Waals surface area (Å²) in [5, 5.41) is 6.03. The molecular weight excluding hydrogens is 487 g/mol. The van der Waals surface area contributed by atoms with E-state index < -0.39 is 5.82 Å². The number of nitrogens with one attached hydrogen (secondary N) is 2. The number of benzene rings is 3. The van der Waals surface area contributed by atoms with Gasteiger partial charge in [-0.3, -0.25) is 4.79 Å². The standard InChI is InChI=1S/C23H21BrClFN2O3/c1-14-4-3-5-17(8-14)28-22(29)13-31-23-18(24)9-15(10-21(23)30-2)12-27-16-6-7-20(26)19(25)11-16/h3-11,27H,12-13H2,1-2H3,(H,28,29). The topological polar surface area (TPSA) is 59.6 Å². The molecule has 0 bridgehead atoms. The number of carbonyl (C=O) groups is 1. The van der Waals surface area contributed by atoms with Gasteiger partial charge in [0.15, 0.2) is 18.1 Å². The third kappa shape index (κ3) is 6.35. The Balaban J connectivity index is 1.64. The average Bonchev–Trinajstić information content (AvgIpc) is 2.73. The monoisotopic (exact) mass is 506 g/mol. The van der Waals surface area contributed by atoms with Crippen molar-refractivity contribution < 1.29 is 18.7 Å². The van der Waals surface area contributed by atoms with Crippen LogP contribution in [0.15, 0.2) is 59.1 Å². The molecule has 0 saturated carbocycles. The van der Waals surface area contributed by atoms with Gasteiger partial charge in [-0.1, -0.05) is 23.7 Å². The Morgan fingerprint density at radius 1 is 1.13 bits per heavy atom. The largest absolute Gasteiger partial charge is 0.493 e. The van der Waals surface area contributed by atoms with Crippen LogP contribution in [-0.2, 0) is 11.3 Å². The first kappa shape index (κ1) is 22.9. The van der Waals surface area contributed by atoms with Crippen LogP contribution < -0.4 is 20.1 Å². The van der Waals surface area contributed by atoms with Gasteiger partial charge in [0, 0.05) is 17.9 Å². The van der Waals surface area contributed by atoms with E-state index in [4.69, 9.17) is 21.1 Å². The summed E-state index contributed by atoms with van der Waals surface area (Å²) in [7, 11) is 1.53. The van der Waals surface area contributed by atoms with Crippen LogP contribution in [0.4, 0.5) is 15.8 Å². The molecule has 0 aromatic heterocycles.